The van der Waals surface area contributed by atoms with E-state index in [2.05, 4.69) is 16.9 Å². The SMILES string of the molecule is CC.[B]C([B])(c1cccc(-c2ncco2)n1)N1CC(CC)C1. The van der Waals surface area contributed by atoms with Crippen LogP contribution in [0.15, 0.2) is 35.1 Å². The highest BCUT2D eigenvalue weighted by molar-refractivity contribution is 6.39. The van der Waals surface area contributed by atoms with Gasteiger partial charge in [0.25, 0.3) is 0 Å². The van der Waals surface area contributed by atoms with Gasteiger partial charge in [-0.2, -0.15) is 0 Å². The molecule has 0 atom stereocenters. The number of oxazole rings is 1. The maximum atomic E-state index is 6.27. The van der Waals surface area contributed by atoms with Gasteiger partial charge in [0.15, 0.2) is 0 Å². The van der Waals surface area contributed by atoms with E-state index in [1.807, 2.05) is 36.9 Å². The van der Waals surface area contributed by atoms with Crippen LogP contribution in [0.3, 0.4) is 0 Å². The molecule has 0 aliphatic carbocycles. The molecule has 2 aromatic heterocycles. The van der Waals surface area contributed by atoms with Crippen LogP contribution in [0.4, 0.5) is 0 Å². The van der Waals surface area contributed by atoms with Gasteiger partial charge in [0.1, 0.15) is 12.0 Å². The van der Waals surface area contributed by atoms with Gasteiger partial charge in [0.2, 0.25) is 5.89 Å². The van der Waals surface area contributed by atoms with Crippen LogP contribution in [0.25, 0.3) is 11.6 Å². The van der Waals surface area contributed by atoms with Gasteiger partial charge in [-0.05, 0) is 23.4 Å². The van der Waals surface area contributed by atoms with Crippen LogP contribution in [0.5, 0.6) is 0 Å². The van der Waals surface area contributed by atoms with E-state index in [4.69, 9.17) is 20.1 Å². The van der Waals surface area contributed by atoms with Gasteiger partial charge in [-0.15, -0.1) is 0 Å². The molecule has 0 aromatic carbocycles. The van der Waals surface area contributed by atoms with Gasteiger partial charge in [0.05, 0.1) is 21.9 Å². The number of likely N-dealkylation sites (tertiary alicyclic amines) is 1. The lowest BCUT2D eigenvalue weighted by Gasteiger charge is -2.50. The molecule has 22 heavy (non-hydrogen) atoms. The minimum absolute atomic E-state index is 0.470. The Morgan fingerprint density at radius 3 is 2.64 bits per heavy atom. The number of hydrogen-bond acceptors (Lipinski definition) is 4. The summed E-state index contributed by atoms with van der Waals surface area (Å²) in [6.07, 6.45) is 4.25. The first-order valence-corrected chi connectivity index (χ1v) is 7.81. The molecule has 0 unspecified atom stereocenters. The minimum atomic E-state index is -1.05. The maximum absolute atomic E-state index is 6.27. The van der Waals surface area contributed by atoms with Crippen molar-refractivity contribution in [3.8, 4) is 11.6 Å². The standard InChI is InChI=1S/C14H15B2N3O.C2H6/c1-2-10-8-19(9-10)14(15,16)12-5-3-4-11(18-12)13-17-6-7-20-13;1-2/h3-7,10H,2,8-9H2,1H3;1-2H3. The first kappa shape index (κ1) is 16.8. The third-order valence-corrected chi connectivity index (χ3v) is 3.87. The van der Waals surface area contributed by atoms with Crippen molar-refractivity contribution in [1.29, 1.82) is 0 Å². The fourth-order valence-corrected chi connectivity index (χ4v) is 2.42. The Balaban J connectivity index is 0.000000847. The molecular formula is C16H21B2N3O. The zero-order valence-electron chi connectivity index (χ0n) is 13.5. The highest BCUT2D eigenvalue weighted by Crippen LogP contribution is 2.30. The van der Waals surface area contributed by atoms with Crippen LogP contribution in [0, 0.1) is 5.92 Å². The summed E-state index contributed by atoms with van der Waals surface area (Å²) in [6, 6.07) is 5.54. The van der Waals surface area contributed by atoms with Gasteiger partial charge in [-0.1, -0.05) is 33.3 Å². The van der Waals surface area contributed by atoms with Crippen LogP contribution in [0.1, 0.15) is 32.9 Å². The molecule has 0 N–H and O–H groups in total. The molecule has 6 heteroatoms. The molecule has 2 aromatic rings. The van der Waals surface area contributed by atoms with Crippen molar-refractivity contribution in [2.45, 2.75) is 32.5 Å². The number of rotatable bonds is 4. The molecule has 0 amide bonds. The molecule has 0 saturated carbocycles. The molecule has 1 aliphatic rings. The van der Waals surface area contributed by atoms with E-state index in [1.165, 1.54) is 6.26 Å². The minimum Gasteiger partial charge on any atom is -0.443 e. The largest absolute Gasteiger partial charge is 0.443 e. The van der Waals surface area contributed by atoms with Crippen LogP contribution in [0.2, 0.25) is 0 Å². The second kappa shape index (κ2) is 7.14. The summed E-state index contributed by atoms with van der Waals surface area (Å²) < 4.78 is 5.25. The van der Waals surface area contributed by atoms with Crippen molar-refractivity contribution in [3.05, 3.63) is 36.4 Å². The van der Waals surface area contributed by atoms with Crippen molar-refractivity contribution in [3.63, 3.8) is 0 Å². The summed E-state index contributed by atoms with van der Waals surface area (Å²) in [5.74, 6) is 1.15. The van der Waals surface area contributed by atoms with Crippen molar-refractivity contribution >= 4 is 15.7 Å². The van der Waals surface area contributed by atoms with Crippen LogP contribution in [-0.2, 0) is 5.34 Å². The van der Waals surface area contributed by atoms with Crippen LogP contribution >= 0.6 is 0 Å². The molecule has 4 radical (unpaired) electrons. The molecule has 3 heterocycles. The zero-order chi connectivity index (χ0) is 16.2. The van der Waals surface area contributed by atoms with E-state index in [0.717, 1.165) is 19.5 Å². The average molecular weight is 293 g/mol. The highest BCUT2D eigenvalue weighted by Gasteiger charge is 2.37. The van der Waals surface area contributed by atoms with E-state index in [0.29, 0.717) is 23.2 Å². The van der Waals surface area contributed by atoms with Gasteiger partial charge in [-0.3, -0.25) is 0 Å². The Morgan fingerprint density at radius 2 is 2.05 bits per heavy atom. The predicted molar refractivity (Wildman–Crippen MR) is 89.6 cm³/mol. The summed E-state index contributed by atoms with van der Waals surface area (Å²) in [5.41, 5.74) is 1.27. The Bertz CT molecular complexity index is 581. The first-order valence-electron chi connectivity index (χ1n) is 7.81. The Labute approximate surface area is 135 Å². The molecular weight excluding hydrogens is 272 g/mol. The number of pyridine rings is 1. The summed E-state index contributed by atoms with van der Waals surface area (Å²) in [7, 11) is 12.5. The molecule has 3 rings (SSSR count). The molecule has 0 spiro atoms. The van der Waals surface area contributed by atoms with Gasteiger partial charge in [-0.25, -0.2) is 9.97 Å². The van der Waals surface area contributed by atoms with Crippen LogP contribution < -0.4 is 0 Å². The molecule has 1 fully saturated rings. The molecule has 1 saturated heterocycles. The quantitative estimate of drug-likeness (QED) is 0.812. The average Bonchev–Trinajstić information content (AvgIpc) is 3.02. The van der Waals surface area contributed by atoms with Crippen molar-refractivity contribution in [2.75, 3.05) is 13.1 Å². The number of nitrogens with zero attached hydrogens (tertiary/aromatic N) is 3. The highest BCUT2D eigenvalue weighted by atomic mass is 16.3. The van der Waals surface area contributed by atoms with E-state index in [9.17, 15) is 0 Å². The fourth-order valence-electron chi connectivity index (χ4n) is 2.42. The van der Waals surface area contributed by atoms with Gasteiger partial charge in [0, 0.05) is 18.8 Å². The summed E-state index contributed by atoms with van der Waals surface area (Å²) in [6.45, 7) is 8.00. The number of aromatic nitrogens is 2. The Hall–Kier alpha value is -1.55. The van der Waals surface area contributed by atoms with Gasteiger partial charge < -0.3 is 9.32 Å². The van der Waals surface area contributed by atoms with E-state index in [-0.39, 0.29) is 0 Å². The van der Waals surface area contributed by atoms with E-state index < -0.39 is 5.34 Å². The monoisotopic (exact) mass is 293 g/mol. The molecule has 4 nitrogen and oxygen atoms in total. The summed E-state index contributed by atoms with van der Waals surface area (Å²) in [5, 5.41) is -1.05. The Morgan fingerprint density at radius 1 is 1.32 bits per heavy atom. The maximum Gasteiger partial charge on any atom is 0.244 e. The summed E-state index contributed by atoms with van der Waals surface area (Å²) in [4.78, 5) is 10.6. The number of hydrogen-bond donors (Lipinski definition) is 0. The topological polar surface area (TPSA) is 42.2 Å². The Kier molecular flexibility index (Phi) is 5.46. The molecule has 112 valence electrons. The molecule has 1 aliphatic heterocycles. The lowest BCUT2D eigenvalue weighted by molar-refractivity contribution is 0.0620. The first-order chi connectivity index (χ1) is 10.6. The van der Waals surface area contributed by atoms with Crippen LogP contribution in [-0.4, -0.2) is 43.6 Å². The third kappa shape index (κ3) is 3.27. The van der Waals surface area contributed by atoms with E-state index in [1.54, 1.807) is 6.20 Å². The zero-order valence-corrected chi connectivity index (χ0v) is 13.5. The van der Waals surface area contributed by atoms with E-state index >= 15 is 0 Å². The lowest BCUT2D eigenvalue weighted by atomic mass is 9.57. The predicted octanol–water partition coefficient (Wildman–Crippen LogP) is 2.55. The second-order valence-corrected chi connectivity index (χ2v) is 5.25. The lowest BCUT2D eigenvalue weighted by Crippen LogP contribution is -2.59. The molecule has 0 bridgehead atoms. The van der Waals surface area contributed by atoms with Crippen molar-refractivity contribution < 1.29 is 4.42 Å². The summed E-state index contributed by atoms with van der Waals surface area (Å²) >= 11 is 0. The normalized spacial score (nSPS) is 15.8. The van der Waals surface area contributed by atoms with Crippen molar-refractivity contribution in [2.24, 2.45) is 5.92 Å². The fraction of sp³-hybridized carbons (Fsp3) is 0.500. The smallest absolute Gasteiger partial charge is 0.244 e. The van der Waals surface area contributed by atoms with Gasteiger partial charge >= 0.3 is 0 Å². The van der Waals surface area contributed by atoms with Crippen molar-refractivity contribution in [1.82, 2.24) is 14.9 Å². The third-order valence-electron chi connectivity index (χ3n) is 3.87. The second-order valence-electron chi connectivity index (χ2n) is 5.25.